The zero-order valence-electron chi connectivity index (χ0n) is 7.94. The Labute approximate surface area is 78.2 Å². The van der Waals surface area contributed by atoms with Gasteiger partial charge >= 0.3 is 5.97 Å². The molecule has 1 aliphatic heterocycles. The fourth-order valence-corrected chi connectivity index (χ4v) is 1.75. The largest absolute Gasteiger partial charge is 0.481 e. The number of likely N-dealkylation sites (tertiary alicyclic amines) is 1. The number of hydrogen-bond acceptors (Lipinski definition) is 3. The van der Waals surface area contributed by atoms with Crippen molar-refractivity contribution in [2.45, 2.75) is 38.3 Å². The van der Waals surface area contributed by atoms with Crippen molar-refractivity contribution in [1.82, 2.24) is 4.90 Å². The molecule has 1 fully saturated rings. The van der Waals surface area contributed by atoms with Gasteiger partial charge in [0.05, 0.1) is 12.5 Å². The molecule has 0 saturated carbocycles. The van der Waals surface area contributed by atoms with Gasteiger partial charge in [0.25, 0.3) is 0 Å². The second-order valence-corrected chi connectivity index (χ2v) is 3.63. The molecule has 0 aromatic rings. The number of carboxylic acid groups (broad SMARTS) is 1. The van der Waals surface area contributed by atoms with E-state index in [9.17, 15) is 9.90 Å². The molecule has 1 saturated heterocycles. The lowest BCUT2D eigenvalue weighted by Crippen LogP contribution is -2.46. The van der Waals surface area contributed by atoms with Crippen LogP contribution in [0.1, 0.15) is 26.2 Å². The zero-order chi connectivity index (χ0) is 9.84. The first-order valence-electron chi connectivity index (χ1n) is 4.75. The summed E-state index contributed by atoms with van der Waals surface area (Å²) in [5, 5.41) is 18.0. The first-order chi connectivity index (χ1) is 6.11. The Morgan fingerprint density at radius 1 is 1.62 bits per heavy atom. The fraction of sp³-hybridized carbons (Fsp3) is 0.889. The Bertz CT molecular complexity index is 184. The van der Waals surface area contributed by atoms with Gasteiger partial charge in [-0.25, -0.2) is 0 Å². The highest BCUT2D eigenvalue weighted by Gasteiger charge is 2.25. The maximum Gasteiger partial charge on any atom is 0.304 e. The lowest BCUT2D eigenvalue weighted by atomic mass is 10.0. The van der Waals surface area contributed by atoms with Gasteiger partial charge in [0.1, 0.15) is 0 Å². The summed E-state index contributed by atoms with van der Waals surface area (Å²) in [5.41, 5.74) is 0. The fourth-order valence-electron chi connectivity index (χ4n) is 1.75. The molecule has 0 bridgehead atoms. The summed E-state index contributed by atoms with van der Waals surface area (Å²) in [4.78, 5) is 12.4. The molecule has 4 heteroatoms. The molecule has 1 heterocycles. The van der Waals surface area contributed by atoms with E-state index in [0.717, 1.165) is 19.4 Å². The normalized spacial score (nSPS) is 30.3. The minimum absolute atomic E-state index is 0.105. The van der Waals surface area contributed by atoms with E-state index in [4.69, 9.17) is 5.11 Å². The van der Waals surface area contributed by atoms with E-state index in [1.165, 1.54) is 0 Å². The van der Waals surface area contributed by atoms with E-state index in [0.29, 0.717) is 6.54 Å². The third kappa shape index (κ3) is 2.97. The molecule has 1 rings (SSSR count). The third-order valence-corrected chi connectivity index (χ3v) is 2.69. The molecule has 13 heavy (non-hydrogen) atoms. The first kappa shape index (κ1) is 10.5. The summed E-state index contributed by atoms with van der Waals surface area (Å²) in [6.07, 6.45) is 1.68. The van der Waals surface area contributed by atoms with Crippen molar-refractivity contribution in [3.8, 4) is 0 Å². The van der Waals surface area contributed by atoms with Crippen LogP contribution in [0.4, 0.5) is 0 Å². The Hall–Kier alpha value is -0.610. The van der Waals surface area contributed by atoms with Crippen molar-refractivity contribution in [1.29, 1.82) is 0 Å². The summed E-state index contributed by atoms with van der Waals surface area (Å²) in [6, 6.07) is 0.105. The molecular formula is C9H17NO3. The second-order valence-electron chi connectivity index (χ2n) is 3.63. The Kier molecular flexibility index (Phi) is 3.69. The van der Waals surface area contributed by atoms with Crippen LogP contribution >= 0.6 is 0 Å². The monoisotopic (exact) mass is 187 g/mol. The maximum absolute atomic E-state index is 10.3. The zero-order valence-corrected chi connectivity index (χ0v) is 7.94. The van der Waals surface area contributed by atoms with Crippen LogP contribution in [0.5, 0.6) is 0 Å². The summed E-state index contributed by atoms with van der Waals surface area (Å²) in [6.45, 7) is 3.41. The molecule has 0 aromatic carbocycles. The van der Waals surface area contributed by atoms with Crippen molar-refractivity contribution in [3.05, 3.63) is 0 Å². The number of aliphatic carboxylic acids is 1. The number of carboxylic acids is 1. The number of hydrogen-bond donors (Lipinski definition) is 2. The average Bonchev–Trinajstić information content (AvgIpc) is 2.07. The molecule has 2 unspecified atom stereocenters. The van der Waals surface area contributed by atoms with Crippen LogP contribution in [-0.2, 0) is 4.79 Å². The molecule has 1 aliphatic rings. The van der Waals surface area contributed by atoms with E-state index in [1.54, 1.807) is 0 Å². The van der Waals surface area contributed by atoms with Crippen molar-refractivity contribution in [2.24, 2.45) is 0 Å². The lowest BCUT2D eigenvalue weighted by Gasteiger charge is -2.36. The number of aliphatic hydroxyl groups is 1. The number of carbonyl (C=O) groups is 1. The smallest absolute Gasteiger partial charge is 0.304 e. The molecular weight excluding hydrogens is 170 g/mol. The first-order valence-corrected chi connectivity index (χ1v) is 4.75. The molecule has 0 amide bonds. The number of nitrogens with zero attached hydrogens (tertiary/aromatic N) is 1. The molecule has 2 N–H and O–H groups in total. The van der Waals surface area contributed by atoms with Crippen molar-refractivity contribution < 1.29 is 15.0 Å². The van der Waals surface area contributed by atoms with E-state index in [1.807, 2.05) is 11.8 Å². The highest BCUT2D eigenvalue weighted by molar-refractivity contribution is 5.66. The minimum Gasteiger partial charge on any atom is -0.481 e. The second kappa shape index (κ2) is 4.58. The van der Waals surface area contributed by atoms with E-state index in [2.05, 4.69) is 0 Å². The molecule has 0 radical (unpaired) electrons. The number of aliphatic hydroxyl groups excluding tert-OH is 1. The molecule has 0 aliphatic carbocycles. The Morgan fingerprint density at radius 3 is 2.92 bits per heavy atom. The van der Waals surface area contributed by atoms with Crippen molar-refractivity contribution >= 4 is 5.97 Å². The number of rotatable bonds is 3. The maximum atomic E-state index is 10.3. The van der Waals surface area contributed by atoms with Gasteiger partial charge in [0, 0.05) is 12.6 Å². The van der Waals surface area contributed by atoms with Gasteiger partial charge in [-0.15, -0.1) is 0 Å². The van der Waals surface area contributed by atoms with Gasteiger partial charge in [-0.1, -0.05) is 0 Å². The van der Waals surface area contributed by atoms with Gasteiger partial charge in [-0.05, 0) is 26.3 Å². The summed E-state index contributed by atoms with van der Waals surface area (Å²) in [7, 11) is 0. The van der Waals surface area contributed by atoms with Crippen molar-refractivity contribution in [2.75, 3.05) is 13.1 Å². The van der Waals surface area contributed by atoms with Crippen LogP contribution in [0.2, 0.25) is 0 Å². The van der Waals surface area contributed by atoms with Crippen LogP contribution in [0.15, 0.2) is 0 Å². The minimum atomic E-state index is -0.771. The molecule has 4 nitrogen and oxygen atoms in total. The molecule has 2 atom stereocenters. The quantitative estimate of drug-likeness (QED) is 0.667. The van der Waals surface area contributed by atoms with Gasteiger partial charge in [0.2, 0.25) is 0 Å². The Balaban J connectivity index is 2.35. The topological polar surface area (TPSA) is 60.8 Å². The predicted molar refractivity (Wildman–Crippen MR) is 48.5 cm³/mol. The third-order valence-electron chi connectivity index (χ3n) is 2.69. The van der Waals surface area contributed by atoms with Crippen LogP contribution in [0.25, 0.3) is 0 Å². The van der Waals surface area contributed by atoms with E-state index in [-0.39, 0.29) is 18.6 Å². The van der Waals surface area contributed by atoms with Crippen LogP contribution < -0.4 is 0 Å². The standard InChI is InChI=1S/C9H17NO3/c1-7-8(11)3-2-5-10(7)6-4-9(12)13/h7-8,11H,2-6H2,1H3,(H,12,13). The molecule has 0 aromatic heterocycles. The molecule has 0 spiro atoms. The average molecular weight is 187 g/mol. The van der Waals surface area contributed by atoms with Gasteiger partial charge < -0.3 is 10.2 Å². The summed E-state index contributed by atoms with van der Waals surface area (Å²) < 4.78 is 0. The van der Waals surface area contributed by atoms with Crippen molar-refractivity contribution in [3.63, 3.8) is 0 Å². The van der Waals surface area contributed by atoms with Gasteiger partial charge in [-0.2, -0.15) is 0 Å². The van der Waals surface area contributed by atoms with Gasteiger partial charge in [0.15, 0.2) is 0 Å². The molecule has 76 valence electrons. The Morgan fingerprint density at radius 2 is 2.31 bits per heavy atom. The number of piperidine rings is 1. The lowest BCUT2D eigenvalue weighted by molar-refractivity contribution is -0.137. The summed E-state index contributed by atoms with van der Waals surface area (Å²) in [5.74, 6) is -0.771. The highest BCUT2D eigenvalue weighted by Crippen LogP contribution is 2.17. The van der Waals surface area contributed by atoms with E-state index >= 15 is 0 Å². The summed E-state index contributed by atoms with van der Waals surface area (Å²) >= 11 is 0. The van der Waals surface area contributed by atoms with Crippen LogP contribution in [0, 0.1) is 0 Å². The van der Waals surface area contributed by atoms with Gasteiger partial charge in [-0.3, -0.25) is 9.69 Å². The van der Waals surface area contributed by atoms with E-state index < -0.39 is 5.97 Å². The highest BCUT2D eigenvalue weighted by atomic mass is 16.4. The predicted octanol–water partition coefficient (Wildman–Crippen LogP) is 0.306. The SMILES string of the molecule is CC1C(O)CCCN1CCC(=O)O. The van der Waals surface area contributed by atoms with Crippen LogP contribution in [-0.4, -0.2) is 46.3 Å². The van der Waals surface area contributed by atoms with Crippen LogP contribution in [0.3, 0.4) is 0 Å².